The molecule has 1 aliphatic rings. The molecule has 108 valence electrons. The lowest BCUT2D eigenvalue weighted by Gasteiger charge is -2.33. The number of nitrogens with zero attached hydrogens (tertiary/aromatic N) is 1. The smallest absolute Gasteiger partial charge is 0.0333 e. The van der Waals surface area contributed by atoms with Gasteiger partial charge < -0.3 is 5.32 Å². The van der Waals surface area contributed by atoms with Crippen LogP contribution >= 0.6 is 11.3 Å². The highest BCUT2D eigenvalue weighted by molar-refractivity contribution is 7.09. The minimum absolute atomic E-state index is 0.585. The van der Waals surface area contributed by atoms with Gasteiger partial charge in [-0.2, -0.15) is 0 Å². The quantitative estimate of drug-likeness (QED) is 0.780. The number of rotatable bonds is 8. The third kappa shape index (κ3) is 4.59. The predicted octanol–water partition coefficient (Wildman–Crippen LogP) is 3.74. The SMILES string of the molecule is CC(C)NCC(C)C(C)N(Cc1cccs1)C1CC1. The van der Waals surface area contributed by atoms with Crippen LogP contribution in [0.1, 0.15) is 45.4 Å². The Bertz CT molecular complexity index is 357. The van der Waals surface area contributed by atoms with Gasteiger partial charge in [0.15, 0.2) is 0 Å². The number of hydrogen-bond donors (Lipinski definition) is 1. The van der Waals surface area contributed by atoms with Gasteiger partial charge in [-0.15, -0.1) is 11.3 Å². The third-order valence-corrected chi connectivity index (χ3v) is 4.99. The van der Waals surface area contributed by atoms with Crippen molar-refractivity contribution >= 4 is 11.3 Å². The van der Waals surface area contributed by atoms with E-state index in [1.54, 1.807) is 0 Å². The van der Waals surface area contributed by atoms with Gasteiger partial charge in [-0.3, -0.25) is 4.90 Å². The highest BCUT2D eigenvalue weighted by Crippen LogP contribution is 2.32. The Balaban J connectivity index is 1.90. The number of thiophene rings is 1. The molecule has 19 heavy (non-hydrogen) atoms. The summed E-state index contributed by atoms with van der Waals surface area (Å²) >= 11 is 1.89. The summed E-state index contributed by atoms with van der Waals surface area (Å²) in [5.74, 6) is 0.697. The van der Waals surface area contributed by atoms with Crippen LogP contribution in [-0.2, 0) is 6.54 Å². The molecule has 0 bridgehead atoms. The minimum Gasteiger partial charge on any atom is -0.314 e. The maximum atomic E-state index is 3.58. The summed E-state index contributed by atoms with van der Waals surface area (Å²) in [5, 5.41) is 5.76. The van der Waals surface area contributed by atoms with Crippen LogP contribution in [0.3, 0.4) is 0 Å². The van der Waals surface area contributed by atoms with Crippen molar-refractivity contribution in [2.45, 2.75) is 65.2 Å². The maximum Gasteiger partial charge on any atom is 0.0333 e. The van der Waals surface area contributed by atoms with Gasteiger partial charge in [0, 0.05) is 29.5 Å². The van der Waals surface area contributed by atoms with Crippen molar-refractivity contribution in [3.8, 4) is 0 Å². The Kier molecular flexibility index (Phi) is 5.43. The molecular formula is C16H28N2S. The van der Waals surface area contributed by atoms with Gasteiger partial charge in [0.1, 0.15) is 0 Å². The fraction of sp³-hybridized carbons (Fsp3) is 0.750. The fourth-order valence-corrected chi connectivity index (χ4v) is 3.23. The van der Waals surface area contributed by atoms with E-state index in [0.717, 1.165) is 19.1 Å². The lowest BCUT2D eigenvalue weighted by Crippen LogP contribution is -2.43. The molecular weight excluding hydrogens is 252 g/mol. The average molecular weight is 280 g/mol. The van der Waals surface area contributed by atoms with Crippen molar-refractivity contribution in [3.05, 3.63) is 22.4 Å². The van der Waals surface area contributed by atoms with E-state index in [-0.39, 0.29) is 0 Å². The molecule has 1 saturated carbocycles. The van der Waals surface area contributed by atoms with Crippen molar-refractivity contribution in [2.75, 3.05) is 6.54 Å². The molecule has 2 nitrogen and oxygen atoms in total. The van der Waals surface area contributed by atoms with E-state index >= 15 is 0 Å². The summed E-state index contributed by atoms with van der Waals surface area (Å²) in [4.78, 5) is 4.22. The maximum absolute atomic E-state index is 3.58. The number of nitrogens with one attached hydrogen (secondary N) is 1. The summed E-state index contributed by atoms with van der Waals surface area (Å²) in [7, 11) is 0. The molecule has 0 radical (unpaired) electrons. The first-order valence-electron chi connectivity index (χ1n) is 7.59. The molecule has 0 amide bonds. The van der Waals surface area contributed by atoms with Gasteiger partial charge in [-0.25, -0.2) is 0 Å². The Morgan fingerprint density at radius 2 is 2.05 bits per heavy atom. The van der Waals surface area contributed by atoms with Crippen LogP contribution in [-0.4, -0.2) is 29.6 Å². The van der Waals surface area contributed by atoms with Gasteiger partial charge in [0.2, 0.25) is 0 Å². The van der Waals surface area contributed by atoms with Crippen LogP contribution < -0.4 is 5.32 Å². The molecule has 1 aromatic rings. The molecule has 0 saturated heterocycles. The van der Waals surface area contributed by atoms with Crippen LogP contribution in [0.4, 0.5) is 0 Å². The molecule has 1 N–H and O–H groups in total. The van der Waals surface area contributed by atoms with Gasteiger partial charge in [0.05, 0.1) is 0 Å². The Hall–Kier alpha value is -0.380. The van der Waals surface area contributed by atoms with E-state index in [2.05, 4.69) is 55.4 Å². The second-order valence-corrected chi connectivity index (χ2v) is 7.30. The molecule has 2 atom stereocenters. The normalized spacial score (nSPS) is 19.1. The van der Waals surface area contributed by atoms with E-state index in [4.69, 9.17) is 0 Å². The van der Waals surface area contributed by atoms with Crippen LogP contribution in [0.2, 0.25) is 0 Å². The number of hydrogen-bond acceptors (Lipinski definition) is 3. The summed E-state index contributed by atoms with van der Waals surface area (Å²) in [5.41, 5.74) is 0. The first-order chi connectivity index (χ1) is 9.08. The zero-order chi connectivity index (χ0) is 13.8. The first kappa shape index (κ1) is 15.0. The highest BCUT2D eigenvalue weighted by Gasteiger charge is 2.34. The van der Waals surface area contributed by atoms with E-state index in [9.17, 15) is 0 Å². The predicted molar refractivity (Wildman–Crippen MR) is 84.6 cm³/mol. The molecule has 0 spiro atoms. The minimum atomic E-state index is 0.585. The van der Waals surface area contributed by atoms with E-state index in [1.807, 2.05) is 11.3 Å². The average Bonchev–Trinajstić information content (AvgIpc) is 3.09. The third-order valence-electron chi connectivity index (χ3n) is 4.13. The fourth-order valence-electron chi connectivity index (χ4n) is 2.51. The summed E-state index contributed by atoms with van der Waals surface area (Å²) in [6, 6.07) is 6.50. The Morgan fingerprint density at radius 1 is 1.32 bits per heavy atom. The first-order valence-corrected chi connectivity index (χ1v) is 8.47. The standard InChI is InChI=1S/C16H28N2S/c1-12(2)17-10-13(3)14(4)18(15-7-8-15)11-16-6-5-9-19-16/h5-6,9,12-15,17H,7-8,10-11H2,1-4H3. The summed E-state index contributed by atoms with van der Waals surface area (Å²) < 4.78 is 0. The van der Waals surface area contributed by atoms with Gasteiger partial charge in [-0.1, -0.05) is 26.8 Å². The Labute approximate surface area is 122 Å². The van der Waals surface area contributed by atoms with Crippen molar-refractivity contribution in [3.63, 3.8) is 0 Å². The molecule has 0 aromatic carbocycles. The molecule has 1 aromatic heterocycles. The zero-order valence-corrected chi connectivity index (χ0v) is 13.5. The van der Waals surface area contributed by atoms with Crippen LogP contribution in [0.5, 0.6) is 0 Å². The van der Waals surface area contributed by atoms with E-state index in [1.165, 1.54) is 17.7 Å². The molecule has 2 unspecified atom stereocenters. The Morgan fingerprint density at radius 3 is 2.58 bits per heavy atom. The highest BCUT2D eigenvalue weighted by atomic mass is 32.1. The van der Waals surface area contributed by atoms with Gasteiger partial charge >= 0.3 is 0 Å². The van der Waals surface area contributed by atoms with Crippen molar-refractivity contribution in [1.82, 2.24) is 10.2 Å². The second kappa shape index (κ2) is 6.87. The molecule has 3 heteroatoms. The summed E-state index contributed by atoms with van der Waals surface area (Å²) in [6.45, 7) is 11.5. The molecule has 1 heterocycles. The topological polar surface area (TPSA) is 15.3 Å². The second-order valence-electron chi connectivity index (χ2n) is 6.26. The van der Waals surface area contributed by atoms with E-state index < -0.39 is 0 Å². The van der Waals surface area contributed by atoms with E-state index in [0.29, 0.717) is 18.0 Å². The van der Waals surface area contributed by atoms with Crippen molar-refractivity contribution in [1.29, 1.82) is 0 Å². The molecule has 1 fully saturated rings. The van der Waals surface area contributed by atoms with Gasteiger partial charge in [-0.05, 0) is 43.7 Å². The van der Waals surface area contributed by atoms with Crippen LogP contribution in [0.15, 0.2) is 17.5 Å². The lowest BCUT2D eigenvalue weighted by atomic mass is 10.0. The van der Waals surface area contributed by atoms with Gasteiger partial charge in [0.25, 0.3) is 0 Å². The van der Waals surface area contributed by atoms with Crippen LogP contribution in [0, 0.1) is 5.92 Å². The molecule has 1 aliphatic carbocycles. The lowest BCUT2D eigenvalue weighted by molar-refractivity contribution is 0.142. The van der Waals surface area contributed by atoms with Crippen molar-refractivity contribution in [2.24, 2.45) is 5.92 Å². The summed E-state index contributed by atoms with van der Waals surface area (Å²) in [6.07, 6.45) is 2.78. The largest absolute Gasteiger partial charge is 0.314 e. The molecule has 0 aliphatic heterocycles. The molecule has 2 rings (SSSR count). The van der Waals surface area contributed by atoms with Crippen molar-refractivity contribution < 1.29 is 0 Å². The zero-order valence-electron chi connectivity index (χ0n) is 12.7. The monoisotopic (exact) mass is 280 g/mol. The van der Waals surface area contributed by atoms with Crippen LogP contribution in [0.25, 0.3) is 0 Å².